The van der Waals surface area contributed by atoms with Gasteiger partial charge in [0.25, 0.3) is 0 Å². The summed E-state index contributed by atoms with van der Waals surface area (Å²) in [6.07, 6.45) is 2.01. The molecule has 1 aromatic rings. The van der Waals surface area contributed by atoms with Gasteiger partial charge in [-0.05, 0) is 19.4 Å². The first kappa shape index (κ1) is 13.6. The molecule has 1 N–H and O–H groups in total. The molecule has 98 valence electrons. The Balaban J connectivity index is 2.17. The van der Waals surface area contributed by atoms with E-state index in [1.165, 1.54) is 5.56 Å². The van der Waals surface area contributed by atoms with Crippen molar-refractivity contribution in [2.24, 2.45) is 0 Å². The number of benzene rings is 1. The van der Waals surface area contributed by atoms with Crippen molar-refractivity contribution < 1.29 is 0 Å². The van der Waals surface area contributed by atoms with Gasteiger partial charge >= 0.3 is 0 Å². The summed E-state index contributed by atoms with van der Waals surface area (Å²) in [6, 6.07) is 11.1. The summed E-state index contributed by atoms with van der Waals surface area (Å²) in [5.74, 6) is 0. The molecular formula is C15H21ClN2. The Hall–Kier alpha value is -0.830. The number of halogens is 1. The Morgan fingerprint density at radius 1 is 1.39 bits per heavy atom. The van der Waals surface area contributed by atoms with Crippen LogP contribution in [0.2, 0.25) is 0 Å². The SMILES string of the molecule is CC1(C)CN(C/C=C/Cl)C(c2ccccc2)CN1. The topological polar surface area (TPSA) is 15.3 Å². The molecule has 2 rings (SSSR count). The zero-order valence-electron chi connectivity index (χ0n) is 11.1. The highest BCUT2D eigenvalue weighted by Crippen LogP contribution is 2.26. The summed E-state index contributed by atoms with van der Waals surface area (Å²) in [4.78, 5) is 2.48. The molecule has 18 heavy (non-hydrogen) atoms. The minimum Gasteiger partial charge on any atom is -0.309 e. The van der Waals surface area contributed by atoms with E-state index in [9.17, 15) is 0 Å². The highest BCUT2D eigenvalue weighted by Gasteiger charge is 2.32. The van der Waals surface area contributed by atoms with Crippen molar-refractivity contribution in [3.63, 3.8) is 0 Å². The summed E-state index contributed by atoms with van der Waals surface area (Å²) in [7, 11) is 0. The van der Waals surface area contributed by atoms with E-state index in [1.807, 2.05) is 6.08 Å². The third kappa shape index (κ3) is 3.35. The maximum absolute atomic E-state index is 5.66. The Kier molecular flexibility index (Phi) is 4.44. The molecule has 1 atom stereocenters. The molecule has 1 aromatic carbocycles. The average molecular weight is 265 g/mol. The summed E-state index contributed by atoms with van der Waals surface area (Å²) in [5.41, 5.74) is 3.13. The second-order valence-corrected chi connectivity index (χ2v) is 5.73. The summed E-state index contributed by atoms with van der Waals surface area (Å²) in [5, 5.41) is 3.61. The van der Waals surface area contributed by atoms with E-state index in [1.54, 1.807) is 5.54 Å². The molecule has 2 nitrogen and oxygen atoms in total. The zero-order chi connectivity index (χ0) is 13.0. The van der Waals surface area contributed by atoms with Crippen LogP contribution in [0.1, 0.15) is 25.5 Å². The molecule has 0 radical (unpaired) electrons. The lowest BCUT2D eigenvalue weighted by molar-refractivity contribution is 0.108. The van der Waals surface area contributed by atoms with Crippen LogP contribution in [0.5, 0.6) is 0 Å². The molecule has 1 saturated heterocycles. The van der Waals surface area contributed by atoms with Crippen molar-refractivity contribution >= 4 is 11.6 Å². The van der Waals surface area contributed by atoms with Gasteiger partial charge in [-0.3, -0.25) is 4.90 Å². The summed E-state index contributed by atoms with van der Waals surface area (Å²) in [6.45, 7) is 7.38. The van der Waals surface area contributed by atoms with Gasteiger partial charge in [0.05, 0.1) is 0 Å². The fraction of sp³-hybridized carbons (Fsp3) is 0.467. The molecule has 1 aliphatic heterocycles. The highest BCUT2D eigenvalue weighted by molar-refractivity contribution is 6.25. The van der Waals surface area contributed by atoms with Gasteiger partial charge in [0.15, 0.2) is 0 Å². The van der Waals surface area contributed by atoms with Crippen molar-refractivity contribution in [3.05, 3.63) is 47.5 Å². The highest BCUT2D eigenvalue weighted by atomic mass is 35.5. The van der Waals surface area contributed by atoms with E-state index in [0.29, 0.717) is 6.04 Å². The molecular weight excluding hydrogens is 244 g/mol. The Bertz CT molecular complexity index is 400. The molecule has 0 bridgehead atoms. The number of hydrogen-bond donors (Lipinski definition) is 1. The quantitative estimate of drug-likeness (QED) is 0.902. The minimum atomic E-state index is 0.158. The molecule has 1 aliphatic rings. The number of piperazine rings is 1. The lowest BCUT2D eigenvalue weighted by Crippen LogP contribution is -2.58. The van der Waals surface area contributed by atoms with E-state index in [2.05, 4.69) is 54.4 Å². The molecule has 0 aromatic heterocycles. The molecule has 0 aliphatic carbocycles. The predicted octanol–water partition coefficient (Wildman–Crippen LogP) is 3.16. The molecule has 1 fully saturated rings. The van der Waals surface area contributed by atoms with E-state index in [0.717, 1.165) is 19.6 Å². The maximum atomic E-state index is 5.66. The van der Waals surface area contributed by atoms with Gasteiger partial charge in [-0.2, -0.15) is 0 Å². The van der Waals surface area contributed by atoms with Crippen LogP contribution in [0.25, 0.3) is 0 Å². The van der Waals surface area contributed by atoms with Gasteiger partial charge in [0.1, 0.15) is 0 Å². The smallest absolute Gasteiger partial charge is 0.0476 e. The van der Waals surface area contributed by atoms with Crippen LogP contribution in [0.3, 0.4) is 0 Å². The predicted molar refractivity (Wildman–Crippen MR) is 77.8 cm³/mol. The Morgan fingerprint density at radius 3 is 2.78 bits per heavy atom. The van der Waals surface area contributed by atoms with Crippen LogP contribution in [-0.4, -0.2) is 30.1 Å². The van der Waals surface area contributed by atoms with Crippen molar-refractivity contribution in [3.8, 4) is 0 Å². The van der Waals surface area contributed by atoms with Gasteiger partial charge in [0.2, 0.25) is 0 Å². The third-order valence-electron chi connectivity index (χ3n) is 3.43. The molecule has 1 unspecified atom stereocenters. The maximum Gasteiger partial charge on any atom is 0.0476 e. The lowest BCUT2D eigenvalue weighted by Gasteiger charge is -2.44. The van der Waals surface area contributed by atoms with Crippen molar-refractivity contribution in [2.45, 2.75) is 25.4 Å². The standard InChI is InChI=1S/C15H21ClN2/c1-15(2)12-18(10-6-9-16)14(11-17-15)13-7-4-3-5-8-13/h3-9,14,17H,10-12H2,1-2H3/b9-6+. The van der Waals surface area contributed by atoms with Crippen molar-refractivity contribution in [1.82, 2.24) is 10.2 Å². The monoisotopic (exact) mass is 264 g/mol. The lowest BCUT2D eigenvalue weighted by atomic mass is 9.95. The van der Waals surface area contributed by atoms with Gasteiger partial charge in [-0.25, -0.2) is 0 Å². The van der Waals surface area contributed by atoms with Crippen LogP contribution in [0.15, 0.2) is 41.9 Å². The van der Waals surface area contributed by atoms with Gasteiger partial charge in [-0.1, -0.05) is 48.0 Å². The molecule has 3 heteroatoms. The van der Waals surface area contributed by atoms with E-state index >= 15 is 0 Å². The number of hydrogen-bond acceptors (Lipinski definition) is 2. The number of rotatable bonds is 3. The van der Waals surface area contributed by atoms with Gasteiger partial charge in [-0.15, -0.1) is 0 Å². The van der Waals surface area contributed by atoms with Crippen molar-refractivity contribution in [1.29, 1.82) is 0 Å². The minimum absolute atomic E-state index is 0.158. The number of nitrogens with zero attached hydrogens (tertiary/aromatic N) is 1. The molecule has 1 heterocycles. The number of nitrogens with one attached hydrogen (secondary N) is 1. The van der Waals surface area contributed by atoms with Crippen LogP contribution in [-0.2, 0) is 0 Å². The van der Waals surface area contributed by atoms with E-state index in [4.69, 9.17) is 11.6 Å². The first-order chi connectivity index (χ1) is 8.62. The fourth-order valence-electron chi connectivity index (χ4n) is 2.55. The van der Waals surface area contributed by atoms with Crippen LogP contribution < -0.4 is 5.32 Å². The van der Waals surface area contributed by atoms with Crippen molar-refractivity contribution in [2.75, 3.05) is 19.6 Å². The van der Waals surface area contributed by atoms with Crippen LogP contribution in [0, 0.1) is 0 Å². The summed E-state index contributed by atoms with van der Waals surface area (Å²) >= 11 is 5.66. The third-order valence-corrected chi connectivity index (χ3v) is 3.60. The van der Waals surface area contributed by atoms with Gasteiger partial charge < -0.3 is 5.32 Å². The first-order valence-corrected chi connectivity index (χ1v) is 6.85. The zero-order valence-corrected chi connectivity index (χ0v) is 11.8. The molecule has 0 saturated carbocycles. The normalized spacial score (nSPS) is 24.5. The second kappa shape index (κ2) is 5.87. The van der Waals surface area contributed by atoms with Gasteiger partial charge in [0, 0.05) is 36.8 Å². The van der Waals surface area contributed by atoms with E-state index in [-0.39, 0.29) is 5.54 Å². The summed E-state index contributed by atoms with van der Waals surface area (Å²) < 4.78 is 0. The fourth-order valence-corrected chi connectivity index (χ4v) is 2.63. The van der Waals surface area contributed by atoms with E-state index < -0.39 is 0 Å². The first-order valence-electron chi connectivity index (χ1n) is 6.42. The largest absolute Gasteiger partial charge is 0.309 e. The Labute approximate surface area is 115 Å². The molecule has 0 amide bonds. The molecule has 0 spiro atoms. The van der Waals surface area contributed by atoms with Crippen LogP contribution in [0.4, 0.5) is 0 Å². The average Bonchev–Trinajstić information content (AvgIpc) is 2.36. The second-order valence-electron chi connectivity index (χ2n) is 5.48. The Morgan fingerprint density at radius 2 is 2.11 bits per heavy atom. The van der Waals surface area contributed by atoms with Crippen LogP contribution >= 0.6 is 11.6 Å².